The van der Waals surface area contributed by atoms with Crippen molar-refractivity contribution in [2.24, 2.45) is 11.8 Å². The van der Waals surface area contributed by atoms with Gasteiger partial charge in [0.1, 0.15) is 0 Å². The Bertz CT molecular complexity index is 257. The second kappa shape index (κ2) is 12.3. The van der Waals surface area contributed by atoms with E-state index in [1.807, 2.05) is 14.2 Å². The zero-order valence-electron chi connectivity index (χ0n) is 15.1. The second-order valence-electron chi connectivity index (χ2n) is 7.10. The molecule has 0 bridgehead atoms. The molecule has 132 valence electrons. The van der Waals surface area contributed by atoms with Gasteiger partial charge in [0.2, 0.25) is 0 Å². The summed E-state index contributed by atoms with van der Waals surface area (Å²) in [5, 5.41) is 8.74. The number of aliphatic hydroxyl groups is 1. The largest absolute Gasteiger partial charge is 0.396 e. The number of unbranched alkanes of at least 4 members (excludes halogenated alkanes) is 7. The van der Waals surface area contributed by atoms with Gasteiger partial charge in [-0.05, 0) is 31.1 Å². The van der Waals surface area contributed by atoms with E-state index in [2.05, 4.69) is 6.92 Å². The van der Waals surface area contributed by atoms with Crippen molar-refractivity contribution in [3.63, 3.8) is 0 Å². The lowest BCUT2D eigenvalue weighted by molar-refractivity contribution is -0.0858. The van der Waals surface area contributed by atoms with E-state index in [4.69, 9.17) is 14.6 Å². The fraction of sp³-hybridized carbons (Fsp3) is 1.00. The number of ether oxygens (including phenoxy) is 2. The summed E-state index contributed by atoms with van der Waals surface area (Å²) in [6.45, 7) is 2.73. The van der Waals surface area contributed by atoms with Crippen LogP contribution in [0.25, 0.3) is 0 Å². The van der Waals surface area contributed by atoms with Gasteiger partial charge in [-0.3, -0.25) is 0 Å². The highest BCUT2D eigenvalue weighted by atomic mass is 16.5. The summed E-state index contributed by atoms with van der Waals surface area (Å²) in [5.74, 6) is 1.57. The minimum Gasteiger partial charge on any atom is -0.396 e. The van der Waals surface area contributed by atoms with E-state index in [-0.39, 0.29) is 12.2 Å². The summed E-state index contributed by atoms with van der Waals surface area (Å²) >= 11 is 0. The van der Waals surface area contributed by atoms with Gasteiger partial charge in [0.25, 0.3) is 0 Å². The second-order valence-corrected chi connectivity index (χ2v) is 7.10. The third-order valence-electron chi connectivity index (χ3n) is 5.45. The number of aliphatic hydroxyl groups excluding tert-OH is 1. The summed E-state index contributed by atoms with van der Waals surface area (Å²) in [5.41, 5.74) is 0. The topological polar surface area (TPSA) is 38.7 Å². The SMILES string of the molecule is COC1CC(C)C(CCCCCCCCCCO)CC1OC. The monoisotopic (exact) mass is 314 g/mol. The van der Waals surface area contributed by atoms with Crippen molar-refractivity contribution in [1.82, 2.24) is 0 Å². The Kier molecular flexibility index (Phi) is 11.2. The summed E-state index contributed by atoms with van der Waals surface area (Å²) in [6.07, 6.45) is 14.5. The molecule has 0 heterocycles. The third kappa shape index (κ3) is 7.43. The molecule has 1 aliphatic rings. The molecule has 1 fully saturated rings. The highest BCUT2D eigenvalue weighted by Gasteiger charge is 2.34. The molecule has 4 atom stereocenters. The molecule has 0 aromatic rings. The van der Waals surface area contributed by atoms with Crippen molar-refractivity contribution in [2.75, 3.05) is 20.8 Å². The first-order valence-electron chi connectivity index (χ1n) is 9.39. The van der Waals surface area contributed by atoms with E-state index in [0.717, 1.165) is 31.1 Å². The third-order valence-corrected chi connectivity index (χ3v) is 5.45. The van der Waals surface area contributed by atoms with Gasteiger partial charge in [0.05, 0.1) is 12.2 Å². The summed E-state index contributed by atoms with van der Waals surface area (Å²) in [4.78, 5) is 0. The van der Waals surface area contributed by atoms with Crippen LogP contribution in [0.5, 0.6) is 0 Å². The van der Waals surface area contributed by atoms with Gasteiger partial charge in [-0.15, -0.1) is 0 Å². The van der Waals surface area contributed by atoms with Crippen LogP contribution < -0.4 is 0 Å². The molecule has 1 rings (SSSR count). The molecule has 1 aliphatic carbocycles. The molecule has 0 amide bonds. The lowest BCUT2D eigenvalue weighted by Gasteiger charge is -2.38. The highest BCUT2D eigenvalue weighted by Crippen LogP contribution is 2.36. The molecule has 0 aliphatic heterocycles. The Hall–Kier alpha value is -0.120. The maximum atomic E-state index is 8.74. The molecule has 0 saturated heterocycles. The van der Waals surface area contributed by atoms with Gasteiger partial charge in [0.15, 0.2) is 0 Å². The Morgan fingerprint density at radius 3 is 1.82 bits per heavy atom. The van der Waals surface area contributed by atoms with Crippen LogP contribution in [0, 0.1) is 11.8 Å². The van der Waals surface area contributed by atoms with Crippen LogP contribution in [0.4, 0.5) is 0 Å². The van der Waals surface area contributed by atoms with Gasteiger partial charge in [0, 0.05) is 20.8 Å². The molecule has 0 spiro atoms. The van der Waals surface area contributed by atoms with E-state index in [9.17, 15) is 0 Å². The number of hydrogen-bond donors (Lipinski definition) is 1. The van der Waals surface area contributed by atoms with Crippen molar-refractivity contribution < 1.29 is 14.6 Å². The van der Waals surface area contributed by atoms with E-state index in [1.165, 1.54) is 51.4 Å². The van der Waals surface area contributed by atoms with Crippen molar-refractivity contribution in [2.45, 2.75) is 89.8 Å². The van der Waals surface area contributed by atoms with Gasteiger partial charge < -0.3 is 14.6 Å². The molecular formula is C19H38O3. The van der Waals surface area contributed by atoms with Gasteiger partial charge >= 0.3 is 0 Å². The molecule has 1 saturated carbocycles. The first kappa shape index (κ1) is 19.9. The minimum absolute atomic E-state index is 0.287. The minimum atomic E-state index is 0.287. The predicted molar refractivity (Wildman–Crippen MR) is 92.1 cm³/mol. The van der Waals surface area contributed by atoms with Crippen LogP contribution in [0.2, 0.25) is 0 Å². The Morgan fingerprint density at radius 1 is 0.773 bits per heavy atom. The fourth-order valence-electron chi connectivity index (χ4n) is 3.87. The fourth-order valence-corrected chi connectivity index (χ4v) is 3.87. The highest BCUT2D eigenvalue weighted by molar-refractivity contribution is 4.85. The van der Waals surface area contributed by atoms with Gasteiger partial charge in [-0.1, -0.05) is 58.3 Å². The average Bonchev–Trinajstić information content (AvgIpc) is 2.54. The summed E-state index contributed by atoms with van der Waals surface area (Å²) in [6, 6.07) is 0. The zero-order valence-corrected chi connectivity index (χ0v) is 15.1. The molecule has 3 heteroatoms. The molecule has 1 N–H and O–H groups in total. The molecule has 0 radical (unpaired) electrons. The normalized spacial score (nSPS) is 28.9. The van der Waals surface area contributed by atoms with E-state index in [1.54, 1.807) is 0 Å². The summed E-state index contributed by atoms with van der Waals surface area (Å²) in [7, 11) is 3.63. The van der Waals surface area contributed by atoms with Crippen molar-refractivity contribution in [3.05, 3.63) is 0 Å². The quantitative estimate of drug-likeness (QED) is 0.536. The molecule has 0 aromatic heterocycles. The summed E-state index contributed by atoms with van der Waals surface area (Å²) < 4.78 is 11.2. The number of hydrogen-bond acceptors (Lipinski definition) is 3. The first-order chi connectivity index (χ1) is 10.7. The molecule has 22 heavy (non-hydrogen) atoms. The van der Waals surface area contributed by atoms with Crippen LogP contribution in [-0.4, -0.2) is 38.1 Å². The Labute approximate surface area is 137 Å². The smallest absolute Gasteiger partial charge is 0.0835 e. The zero-order chi connectivity index (χ0) is 16.2. The lowest BCUT2D eigenvalue weighted by Crippen LogP contribution is -2.40. The van der Waals surface area contributed by atoms with Crippen LogP contribution in [0.15, 0.2) is 0 Å². The van der Waals surface area contributed by atoms with E-state index in [0.29, 0.717) is 6.61 Å². The van der Waals surface area contributed by atoms with Gasteiger partial charge in [-0.25, -0.2) is 0 Å². The Balaban J connectivity index is 2.06. The first-order valence-corrected chi connectivity index (χ1v) is 9.39. The maximum absolute atomic E-state index is 8.74. The maximum Gasteiger partial charge on any atom is 0.0835 e. The molecule has 3 nitrogen and oxygen atoms in total. The van der Waals surface area contributed by atoms with Crippen molar-refractivity contribution >= 4 is 0 Å². The van der Waals surface area contributed by atoms with E-state index < -0.39 is 0 Å². The molecular weight excluding hydrogens is 276 g/mol. The van der Waals surface area contributed by atoms with E-state index >= 15 is 0 Å². The predicted octanol–water partition coefficient (Wildman–Crippen LogP) is 4.57. The standard InChI is InChI=1S/C19H38O3/c1-16-14-18(21-2)19(22-3)15-17(16)12-10-8-6-4-5-7-9-11-13-20/h16-20H,4-15H2,1-3H3. The van der Waals surface area contributed by atoms with Crippen LogP contribution >= 0.6 is 0 Å². The molecule has 0 aromatic carbocycles. The van der Waals surface area contributed by atoms with Crippen LogP contribution in [0.1, 0.15) is 77.6 Å². The van der Waals surface area contributed by atoms with Crippen molar-refractivity contribution in [1.29, 1.82) is 0 Å². The number of methoxy groups -OCH3 is 2. The van der Waals surface area contributed by atoms with Crippen LogP contribution in [0.3, 0.4) is 0 Å². The lowest BCUT2D eigenvalue weighted by atomic mass is 9.75. The van der Waals surface area contributed by atoms with Crippen molar-refractivity contribution in [3.8, 4) is 0 Å². The average molecular weight is 315 g/mol. The molecule has 4 unspecified atom stereocenters. The number of rotatable bonds is 12. The van der Waals surface area contributed by atoms with Crippen LogP contribution in [-0.2, 0) is 9.47 Å². The Morgan fingerprint density at radius 2 is 1.27 bits per heavy atom. The van der Waals surface area contributed by atoms with Gasteiger partial charge in [-0.2, -0.15) is 0 Å².